The highest BCUT2D eigenvalue weighted by atomic mass is 16.4. The maximum absolute atomic E-state index is 11.8. The fourth-order valence-electron chi connectivity index (χ4n) is 1.76. The predicted molar refractivity (Wildman–Crippen MR) is 73.9 cm³/mol. The highest BCUT2D eigenvalue weighted by Crippen LogP contribution is 2.10. The van der Waals surface area contributed by atoms with Crippen LogP contribution in [0.2, 0.25) is 0 Å². The van der Waals surface area contributed by atoms with Crippen LogP contribution in [0.5, 0.6) is 0 Å². The molecule has 1 amide bonds. The first-order valence-corrected chi connectivity index (χ1v) is 6.45. The Labute approximate surface area is 112 Å². The molecule has 0 aliphatic carbocycles. The van der Waals surface area contributed by atoms with Gasteiger partial charge in [-0.2, -0.15) is 0 Å². The summed E-state index contributed by atoms with van der Waals surface area (Å²) in [5.41, 5.74) is 6.67. The number of hydrogen-bond acceptors (Lipinski definition) is 3. The summed E-state index contributed by atoms with van der Waals surface area (Å²) >= 11 is 0. The molecular formula is C14H20N2O3. The third-order valence-corrected chi connectivity index (χ3v) is 2.81. The fourth-order valence-corrected chi connectivity index (χ4v) is 1.76. The van der Waals surface area contributed by atoms with E-state index in [1.165, 1.54) is 0 Å². The Morgan fingerprint density at radius 1 is 1.11 bits per heavy atom. The molecule has 0 saturated heterocycles. The first-order chi connectivity index (χ1) is 9.11. The summed E-state index contributed by atoms with van der Waals surface area (Å²) in [6, 6.07) is 6.95. The zero-order valence-corrected chi connectivity index (χ0v) is 10.9. The first kappa shape index (κ1) is 15.0. The number of carboxylic acids is 1. The molecule has 0 fully saturated rings. The van der Waals surface area contributed by atoms with Crippen molar-refractivity contribution in [2.45, 2.75) is 32.1 Å². The minimum Gasteiger partial charge on any atom is -0.481 e. The molecule has 5 nitrogen and oxygen atoms in total. The van der Waals surface area contributed by atoms with Crippen molar-refractivity contribution in [2.24, 2.45) is 0 Å². The van der Waals surface area contributed by atoms with Crippen molar-refractivity contribution >= 4 is 17.6 Å². The Morgan fingerprint density at radius 3 is 2.47 bits per heavy atom. The Hall–Kier alpha value is -2.04. The summed E-state index contributed by atoms with van der Waals surface area (Å²) in [7, 11) is 0. The number of carboxylic acid groups (broad SMARTS) is 1. The van der Waals surface area contributed by atoms with Crippen LogP contribution in [0.15, 0.2) is 24.3 Å². The molecule has 1 rings (SSSR count). The molecule has 0 saturated carbocycles. The standard InChI is InChI=1S/C14H20N2O3/c15-12-8-5-4-7-11(12)14(19)16-10-6-2-1-3-9-13(17)18/h4-5,7-8H,1-3,6,9-10,15H2,(H,16,19)(H,17,18). The minimum absolute atomic E-state index is 0.163. The summed E-state index contributed by atoms with van der Waals surface area (Å²) < 4.78 is 0. The summed E-state index contributed by atoms with van der Waals surface area (Å²) in [5.74, 6) is -0.920. The zero-order valence-electron chi connectivity index (χ0n) is 10.9. The molecule has 4 N–H and O–H groups in total. The molecule has 0 heterocycles. The van der Waals surface area contributed by atoms with Gasteiger partial charge in [-0.25, -0.2) is 0 Å². The van der Waals surface area contributed by atoms with Crippen LogP contribution in [0.3, 0.4) is 0 Å². The van der Waals surface area contributed by atoms with Gasteiger partial charge in [0.1, 0.15) is 0 Å². The van der Waals surface area contributed by atoms with Gasteiger partial charge < -0.3 is 16.2 Å². The summed E-state index contributed by atoms with van der Waals surface area (Å²) in [5, 5.41) is 11.3. The van der Waals surface area contributed by atoms with Gasteiger partial charge in [-0.3, -0.25) is 9.59 Å². The molecule has 5 heteroatoms. The molecule has 1 aromatic rings. The third kappa shape index (κ3) is 5.90. The fraction of sp³-hybridized carbons (Fsp3) is 0.429. The van der Waals surface area contributed by atoms with E-state index < -0.39 is 5.97 Å². The maximum Gasteiger partial charge on any atom is 0.303 e. The highest BCUT2D eigenvalue weighted by Gasteiger charge is 2.07. The quantitative estimate of drug-likeness (QED) is 0.495. The van der Waals surface area contributed by atoms with Crippen LogP contribution in [0, 0.1) is 0 Å². The van der Waals surface area contributed by atoms with E-state index in [-0.39, 0.29) is 12.3 Å². The van der Waals surface area contributed by atoms with Crippen LogP contribution in [-0.2, 0) is 4.79 Å². The lowest BCUT2D eigenvalue weighted by molar-refractivity contribution is -0.137. The molecule has 0 radical (unpaired) electrons. The van der Waals surface area contributed by atoms with Gasteiger partial charge in [0.15, 0.2) is 0 Å². The number of carbonyl (C=O) groups is 2. The van der Waals surface area contributed by atoms with Gasteiger partial charge in [0.25, 0.3) is 5.91 Å². The second-order valence-corrected chi connectivity index (χ2v) is 4.40. The van der Waals surface area contributed by atoms with Crippen LogP contribution >= 0.6 is 0 Å². The summed E-state index contributed by atoms with van der Waals surface area (Å²) in [6.07, 6.45) is 3.54. The Bertz CT molecular complexity index is 432. The van der Waals surface area contributed by atoms with Crippen LogP contribution in [0.1, 0.15) is 42.5 Å². The molecule has 0 aliphatic heterocycles. The van der Waals surface area contributed by atoms with Crippen LogP contribution in [-0.4, -0.2) is 23.5 Å². The normalized spacial score (nSPS) is 10.1. The number of anilines is 1. The average molecular weight is 264 g/mol. The van der Waals surface area contributed by atoms with Gasteiger partial charge in [-0.15, -0.1) is 0 Å². The molecule has 0 bridgehead atoms. The topological polar surface area (TPSA) is 92.4 Å². The first-order valence-electron chi connectivity index (χ1n) is 6.45. The van der Waals surface area contributed by atoms with E-state index in [1.807, 2.05) is 0 Å². The molecule has 0 aliphatic rings. The molecule has 0 aromatic heterocycles. The van der Waals surface area contributed by atoms with Gasteiger partial charge in [0.05, 0.1) is 5.56 Å². The highest BCUT2D eigenvalue weighted by molar-refractivity contribution is 5.98. The Balaban J connectivity index is 2.15. The van der Waals surface area contributed by atoms with Crippen molar-refractivity contribution in [3.63, 3.8) is 0 Å². The van der Waals surface area contributed by atoms with Gasteiger partial charge >= 0.3 is 5.97 Å². The number of nitrogens with two attached hydrogens (primary N) is 1. The molecule has 0 spiro atoms. The van der Waals surface area contributed by atoms with Gasteiger partial charge in [-0.1, -0.05) is 25.0 Å². The zero-order chi connectivity index (χ0) is 14.1. The van der Waals surface area contributed by atoms with Crippen molar-refractivity contribution in [3.8, 4) is 0 Å². The van der Waals surface area contributed by atoms with E-state index in [2.05, 4.69) is 5.32 Å². The lowest BCUT2D eigenvalue weighted by Gasteiger charge is -2.07. The van der Waals surface area contributed by atoms with E-state index in [0.717, 1.165) is 19.3 Å². The molecule has 0 atom stereocenters. The van der Waals surface area contributed by atoms with E-state index >= 15 is 0 Å². The number of amides is 1. The number of rotatable bonds is 8. The number of aliphatic carboxylic acids is 1. The second-order valence-electron chi connectivity index (χ2n) is 4.40. The van der Waals surface area contributed by atoms with Gasteiger partial charge in [0.2, 0.25) is 0 Å². The molecule has 104 valence electrons. The average Bonchev–Trinajstić information content (AvgIpc) is 2.37. The van der Waals surface area contributed by atoms with Crippen molar-refractivity contribution in [1.29, 1.82) is 0 Å². The van der Waals surface area contributed by atoms with Crippen molar-refractivity contribution in [2.75, 3.05) is 12.3 Å². The maximum atomic E-state index is 11.8. The van der Waals surface area contributed by atoms with Crippen molar-refractivity contribution in [3.05, 3.63) is 29.8 Å². The van der Waals surface area contributed by atoms with E-state index in [0.29, 0.717) is 24.2 Å². The second kappa shape index (κ2) is 8.13. The van der Waals surface area contributed by atoms with Crippen LogP contribution in [0.4, 0.5) is 5.69 Å². The van der Waals surface area contributed by atoms with Crippen LogP contribution in [0.25, 0.3) is 0 Å². The summed E-state index contributed by atoms with van der Waals surface area (Å²) in [6.45, 7) is 0.584. The summed E-state index contributed by atoms with van der Waals surface area (Å²) in [4.78, 5) is 22.1. The minimum atomic E-state index is -0.757. The number of para-hydroxylation sites is 1. The SMILES string of the molecule is Nc1ccccc1C(=O)NCCCCCCC(=O)O. The van der Waals surface area contributed by atoms with E-state index in [1.54, 1.807) is 24.3 Å². The van der Waals surface area contributed by atoms with Gasteiger partial charge in [-0.05, 0) is 25.0 Å². The van der Waals surface area contributed by atoms with Crippen LogP contribution < -0.4 is 11.1 Å². The van der Waals surface area contributed by atoms with E-state index in [9.17, 15) is 9.59 Å². The lowest BCUT2D eigenvalue weighted by Crippen LogP contribution is -2.25. The van der Waals surface area contributed by atoms with E-state index in [4.69, 9.17) is 10.8 Å². The largest absolute Gasteiger partial charge is 0.481 e. The van der Waals surface area contributed by atoms with Crippen molar-refractivity contribution < 1.29 is 14.7 Å². The molecular weight excluding hydrogens is 244 g/mol. The Morgan fingerprint density at radius 2 is 1.79 bits per heavy atom. The molecule has 19 heavy (non-hydrogen) atoms. The molecule has 0 unspecified atom stereocenters. The number of benzene rings is 1. The van der Waals surface area contributed by atoms with Gasteiger partial charge in [0, 0.05) is 18.7 Å². The number of hydrogen-bond donors (Lipinski definition) is 3. The lowest BCUT2D eigenvalue weighted by atomic mass is 10.1. The number of nitrogens with one attached hydrogen (secondary N) is 1. The number of carbonyl (C=O) groups excluding carboxylic acids is 1. The van der Waals surface area contributed by atoms with Crippen molar-refractivity contribution in [1.82, 2.24) is 5.32 Å². The third-order valence-electron chi connectivity index (χ3n) is 2.81. The molecule has 1 aromatic carbocycles. The Kier molecular flexibility index (Phi) is 6.43. The monoisotopic (exact) mass is 264 g/mol. The predicted octanol–water partition coefficient (Wildman–Crippen LogP) is 2.03. The number of unbranched alkanes of at least 4 members (excludes halogenated alkanes) is 3. The smallest absolute Gasteiger partial charge is 0.303 e. The number of nitrogen functional groups attached to an aromatic ring is 1.